The molecule has 2 amide bonds. The summed E-state index contributed by atoms with van der Waals surface area (Å²) in [5.41, 5.74) is -0.200. The number of hydrogen-bond acceptors (Lipinski definition) is 4. The van der Waals surface area contributed by atoms with Gasteiger partial charge in [0.2, 0.25) is 11.8 Å². The highest BCUT2D eigenvalue weighted by Gasteiger charge is 2.34. The predicted molar refractivity (Wildman–Crippen MR) is 114 cm³/mol. The number of nitrogens with one attached hydrogen (secondary N) is 2. The summed E-state index contributed by atoms with van der Waals surface area (Å²) in [7, 11) is 1.75. The fourth-order valence-electron chi connectivity index (χ4n) is 3.46. The van der Waals surface area contributed by atoms with Crippen LogP contribution in [0, 0.1) is 5.82 Å². The normalized spacial score (nSPS) is 16.6. The summed E-state index contributed by atoms with van der Waals surface area (Å²) in [6, 6.07) is 8.02. The summed E-state index contributed by atoms with van der Waals surface area (Å²) in [5, 5.41) is 4.46. The summed E-state index contributed by atoms with van der Waals surface area (Å²) < 4.78 is 53.9. The number of aromatic nitrogens is 2. The zero-order chi connectivity index (χ0) is 23.8. The highest BCUT2D eigenvalue weighted by Crippen LogP contribution is 2.40. The van der Waals surface area contributed by atoms with Crippen molar-refractivity contribution < 1.29 is 27.2 Å². The molecule has 2 N–H and O–H groups in total. The van der Waals surface area contributed by atoms with Crippen LogP contribution in [0.4, 0.5) is 23.2 Å². The van der Waals surface area contributed by atoms with Gasteiger partial charge in [0, 0.05) is 30.8 Å². The minimum atomic E-state index is -4.53. The SMILES string of the molecule is Cn1ccnc1[C@H](NC(=O)C[C@H]1Sc2ccc(C(F)(F)F)cc2NC1=O)c1ccc(F)cc1. The number of amides is 2. The molecular formula is C22H18F4N4O2S. The van der Waals surface area contributed by atoms with Crippen LogP contribution in [0.1, 0.15) is 29.4 Å². The minimum absolute atomic E-state index is 0.0636. The van der Waals surface area contributed by atoms with Crippen molar-refractivity contribution in [2.45, 2.75) is 28.8 Å². The molecule has 6 nitrogen and oxygen atoms in total. The third-order valence-corrected chi connectivity index (χ3v) is 6.40. The van der Waals surface area contributed by atoms with E-state index < -0.39 is 40.7 Å². The molecule has 11 heteroatoms. The number of aryl methyl sites for hydroxylation is 1. The molecule has 33 heavy (non-hydrogen) atoms. The lowest BCUT2D eigenvalue weighted by Gasteiger charge is -2.25. The molecule has 4 rings (SSSR count). The van der Waals surface area contributed by atoms with Gasteiger partial charge in [-0.25, -0.2) is 9.37 Å². The van der Waals surface area contributed by atoms with Crippen LogP contribution in [0.5, 0.6) is 0 Å². The number of halogens is 4. The quantitative estimate of drug-likeness (QED) is 0.537. The second kappa shape index (κ2) is 8.89. The van der Waals surface area contributed by atoms with E-state index in [1.54, 1.807) is 24.0 Å². The van der Waals surface area contributed by atoms with Gasteiger partial charge in [-0.3, -0.25) is 9.59 Å². The maximum Gasteiger partial charge on any atom is 0.416 e. The Balaban J connectivity index is 1.50. The first-order valence-corrected chi connectivity index (χ1v) is 10.7. The third-order valence-electron chi connectivity index (χ3n) is 5.12. The number of alkyl halides is 3. The molecule has 2 heterocycles. The topological polar surface area (TPSA) is 76.0 Å². The minimum Gasteiger partial charge on any atom is -0.342 e. The summed E-state index contributed by atoms with van der Waals surface area (Å²) in [6.45, 7) is 0. The molecule has 1 aliphatic heterocycles. The van der Waals surface area contributed by atoms with Gasteiger partial charge in [-0.15, -0.1) is 11.8 Å². The van der Waals surface area contributed by atoms with Crippen molar-refractivity contribution >= 4 is 29.3 Å². The lowest BCUT2D eigenvalue weighted by Crippen LogP contribution is -2.37. The molecular weight excluding hydrogens is 460 g/mol. The number of anilines is 1. The Labute approximate surface area is 190 Å². The summed E-state index contributed by atoms with van der Waals surface area (Å²) in [5.74, 6) is -0.931. The van der Waals surface area contributed by atoms with Crippen molar-refractivity contribution in [2.24, 2.45) is 7.05 Å². The van der Waals surface area contributed by atoms with E-state index in [9.17, 15) is 27.2 Å². The van der Waals surface area contributed by atoms with Crippen LogP contribution in [-0.2, 0) is 22.8 Å². The summed E-state index contributed by atoms with van der Waals surface area (Å²) in [4.78, 5) is 30.0. The fourth-order valence-corrected chi connectivity index (χ4v) is 4.55. The lowest BCUT2D eigenvalue weighted by atomic mass is 10.1. The molecule has 2 aromatic carbocycles. The van der Waals surface area contributed by atoms with E-state index in [1.807, 2.05) is 0 Å². The zero-order valence-corrected chi connectivity index (χ0v) is 18.0. The van der Waals surface area contributed by atoms with Crippen molar-refractivity contribution in [1.82, 2.24) is 14.9 Å². The highest BCUT2D eigenvalue weighted by molar-refractivity contribution is 8.01. The molecule has 0 unspecified atom stereocenters. The van der Waals surface area contributed by atoms with Crippen LogP contribution in [0.25, 0.3) is 0 Å². The van der Waals surface area contributed by atoms with Crippen LogP contribution in [0.15, 0.2) is 59.8 Å². The van der Waals surface area contributed by atoms with Crippen molar-refractivity contribution in [3.05, 3.63) is 77.6 Å². The molecule has 0 spiro atoms. The van der Waals surface area contributed by atoms with E-state index >= 15 is 0 Å². The van der Waals surface area contributed by atoms with Gasteiger partial charge in [0.25, 0.3) is 0 Å². The van der Waals surface area contributed by atoms with E-state index in [0.29, 0.717) is 16.3 Å². The van der Waals surface area contributed by atoms with E-state index in [4.69, 9.17) is 0 Å². The number of benzene rings is 2. The Morgan fingerprint density at radius 3 is 2.61 bits per heavy atom. The number of imidazole rings is 1. The Bertz CT molecular complexity index is 1190. The number of carbonyl (C=O) groups excluding carboxylic acids is 2. The van der Waals surface area contributed by atoms with Crippen molar-refractivity contribution in [3.8, 4) is 0 Å². The zero-order valence-electron chi connectivity index (χ0n) is 17.2. The van der Waals surface area contributed by atoms with Gasteiger partial charge in [-0.1, -0.05) is 12.1 Å². The van der Waals surface area contributed by atoms with Crippen molar-refractivity contribution in [1.29, 1.82) is 0 Å². The number of fused-ring (bicyclic) bond motifs is 1. The van der Waals surface area contributed by atoms with Gasteiger partial charge in [0.05, 0.1) is 16.5 Å². The average molecular weight is 478 g/mol. The largest absolute Gasteiger partial charge is 0.416 e. The monoisotopic (exact) mass is 478 g/mol. The number of carbonyl (C=O) groups is 2. The second-order valence-electron chi connectivity index (χ2n) is 7.46. The van der Waals surface area contributed by atoms with Crippen molar-refractivity contribution in [3.63, 3.8) is 0 Å². The molecule has 2 atom stereocenters. The van der Waals surface area contributed by atoms with Crippen LogP contribution in [-0.4, -0.2) is 26.6 Å². The Hall–Kier alpha value is -3.34. The van der Waals surface area contributed by atoms with Crippen LogP contribution >= 0.6 is 11.8 Å². The number of hydrogen-bond donors (Lipinski definition) is 2. The van der Waals surface area contributed by atoms with E-state index in [-0.39, 0.29) is 12.1 Å². The highest BCUT2D eigenvalue weighted by atomic mass is 32.2. The van der Waals surface area contributed by atoms with Gasteiger partial charge in [0.15, 0.2) is 0 Å². The summed E-state index contributed by atoms with van der Waals surface area (Å²) >= 11 is 1.03. The molecule has 3 aromatic rings. The van der Waals surface area contributed by atoms with Crippen LogP contribution < -0.4 is 10.6 Å². The summed E-state index contributed by atoms with van der Waals surface area (Å²) in [6.07, 6.45) is -1.47. The molecule has 0 bridgehead atoms. The van der Waals surface area contributed by atoms with Gasteiger partial charge >= 0.3 is 6.18 Å². The predicted octanol–water partition coefficient (Wildman–Crippen LogP) is 4.29. The van der Waals surface area contributed by atoms with Gasteiger partial charge in [-0.2, -0.15) is 13.2 Å². The first-order valence-electron chi connectivity index (χ1n) is 9.82. The number of rotatable bonds is 5. The molecule has 0 radical (unpaired) electrons. The maximum atomic E-state index is 13.4. The molecule has 1 aromatic heterocycles. The second-order valence-corrected chi connectivity index (χ2v) is 8.70. The number of thioether (sulfide) groups is 1. The van der Waals surface area contributed by atoms with Gasteiger partial charge in [0.1, 0.15) is 17.7 Å². The smallest absolute Gasteiger partial charge is 0.342 e. The van der Waals surface area contributed by atoms with Crippen LogP contribution in [0.3, 0.4) is 0 Å². The third kappa shape index (κ3) is 5.03. The maximum absolute atomic E-state index is 13.4. The molecule has 172 valence electrons. The Morgan fingerprint density at radius 2 is 1.97 bits per heavy atom. The fraction of sp³-hybridized carbons (Fsp3) is 0.227. The molecule has 0 saturated carbocycles. The number of nitrogens with zero attached hydrogens (tertiary/aromatic N) is 2. The van der Waals surface area contributed by atoms with Crippen molar-refractivity contribution in [2.75, 3.05) is 5.32 Å². The van der Waals surface area contributed by atoms with Gasteiger partial charge in [-0.05, 0) is 35.9 Å². The molecule has 1 aliphatic rings. The Morgan fingerprint density at radius 1 is 1.24 bits per heavy atom. The molecule has 0 saturated heterocycles. The first-order chi connectivity index (χ1) is 15.6. The first kappa shape index (κ1) is 22.8. The van der Waals surface area contributed by atoms with Gasteiger partial charge < -0.3 is 15.2 Å². The standard InChI is InChI=1S/C22H18F4N4O2S/c1-30-9-8-27-20(30)19(12-2-5-14(23)6-3-12)29-18(31)11-17-21(32)28-15-10-13(22(24,25)26)4-7-16(15)33-17/h2-10,17,19H,11H2,1H3,(H,28,32)(H,29,31)/t17-,19-/m1/s1. The average Bonchev–Trinajstić information content (AvgIpc) is 3.18. The Kier molecular flexibility index (Phi) is 6.15. The van der Waals surface area contributed by atoms with E-state index in [0.717, 1.165) is 23.9 Å². The lowest BCUT2D eigenvalue weighted by molar-refractivity contribution is -0.137. The van der Waals surface area contributed by atoms with E-state index in [1.165, 1.54) is 30.3 Å². The van der Waals surface area contributed by atoms with Crippen LogP contribution in [0.2, 0.25) is 0 Å². The van der Waals surface area contributed by atoms with E-state index in [2.05, 4.69) is 15.6 Å². The molecule has 0 aliphatic carbocycles. The molecule has 0 fully saturated rings.